The second kappa shape index (κ2) is 10.5. The molecule has 148 valence electrons. The number of benzene rings is 1. The molecule has 4 nitrogen and oxygen atoms in total. The van der Waals surface area contributed by atoms with Crippen LogP contribution in [0.4, 0.5) is 5.69 Å². The van der Waals surface area contributed by atoms with Crippen molar-refractivity contribution in [3.8, 4) is 0 Å². The maximum absolute atomic E-state index is 12.4. The van der Waals surface area contributed by atoms with Gasteiger partial charge in [-0.2, -0.15) is 0 Å². The Hall–Kier alpha value is -1.22. The van der Waals surface area contributed by atoms with Gasteiger partial charge in [0.05, 0.1) is 15.9 Å². The molecule has 0 unspecified atom stereocenters. The van der Waals surface area contributed by atoms with Crippen molar-refractivity contribution in [3.63, 3.8) is 0 Å². The van der Waals surface area contributed by atoms with Crippen LogP contribution >= 0.6 is 46.6 Å². The van der Waals surface area contributed by atoms with Gasteiger partial charge < -0.3 is 5.32 Å². The fourth-order valence-electron chi connectivity index (χ4n) is 2.70. The second-order valence-corrected chi connectivity index (χ2v) is 10.2. The lowest BCUT2D eigenvalue weighted by molar-refractivity contribution is -0.116. The summed E-state index contributed by atoms with van der Waals surface area (Å²) in [5.74, 6) is 1.03. The molecule has 2 aromatic heterocycles. The van der Waals surface area contributed by atoms with Crippen molar-refractivity contribution in [2.75, 3.05) is 23.6 Å². The van der Waals surface area contributed by atoms with Gasteiger partial charge in [0.15, 0.2) is 4.34 Å². The molecule has 3 aromatic rings. The summed E-state index contributed by atoms with van der Waals surface area (Å²) in [6.45, 7) is 1.98. The zero-order valence-corrected chi connectivity index (χ0v) is 19.4. The summed E-state index contributed by atoms with van der Waals surface area (Å²) < 4.78 is 2.33. The quantitative estimate of drug-likeness (QED) is 0.304. The van der Waals surface area contributed by atoms with Crippen molar-refractivity contribution in [1.82, 2.24) is 9.97 Å². The van der Waals surface area contributed by atoms with E-state index in [4.69, 9.17) is 0 Å². The molecule has 0 atom stereocenters. The number of thiazole rings is 1. The van der Waals surface area contributed by atoms with Crippen molar-refractivity contribution >= 4 is 68.4 Å². The zero-order valence-electron chi connectivity index (χ0n) is 16.2. The number of hydrogen-bond acceptors (Lipinski definition) is 7. The van der Waals surface area contributed by atoms with Crippen LogP contribution in [0.3, 0.4) is 0 Å². The number of anilines is 1. The predicted octanol–water partition coefficient (Wildman–Crippen LogP) is 6.34. The summed E-state index contributed by atoms with van der Waals surface area (Å²) in [5.41, 5.74) is 2.88. The summed E-state index contributed by atoms with van der Waals surface area (Å²) in [7, 11) is 0. The van der Waals surface area contributed by atoms with Gasteiger partial charge in [0.2, 0.25) is 5.91 Å². The van der Waals surface area contributed by atoms with Crippen LogP contribution in [0.25, 0.3) is 10.2 Å². The minimum Gasteiger partial charge on any atom is -0.323 e. The van der Waals surface area contributed by atoms with Gasteiger partial charge in [-0.15, -0.1) is 34.9 Å². The van der Waals surface area contributed by atoms with E-state index in [0.29, 0.717) is 6.42 Å². The molecule has 0 saturated carbocycles. The van der Waals surface area contributed by atoms with Gasteiger partial charge in [-0.05, 0) is 50.5 Å². The number of amides is 1. The first-order chi connectivity index (χ1) is 13.6. The molecule has 0 bridgehead atoms. The Morgan fingerprint density at radius 1 is 1.14 bits per heavy atom. The average Bonchev–Trinajstić information content (AvgIpc) is 3.11. The van der Waals surface area contributed by atoms with Crippen LogP contribution in [0.2, 0.25) is 0 Å². The average molecular weight is 450 g/mol. The molecule has 2 heterocycles. The third kappa shape index (κ3) is 5.65. The minimum absolute atomic E-state index is 0.0567. The Labute approximate surface area is 182 Å². The van der Waals surface area contributed by atoms with Gasteiger partial charge in [0.1, 0.15) is 5.03 Å². The van der Waals surface area contributed by atoms with Crippen LogP contribution in [0.1, 0.15) is 25.0 Å². The molecule has 0 aliphatic rings. The van der Waals surface area contributed by atoms with Gasteiger partial charge >= 0.3 is 0 Å². The highest BCUT2D eigenvalue weighted by Gasteiger charge is 2.13. The van der Waals surface area contributed by atoms with Crippen molar-refractivity contribution < 1.29 is 4.79 Å². The Balaban J connectivity index is 1.46. The van der Waals surface area contributed by atoms with Gasteiger partial charge in [-0.25, -0.2) is 9.97 Å². The third-order valence-electron chi connectivity index (χ3n) is 4.05. The van der Waals surface area contributed by atoms with E-state index in [1.54, 1.807) is 46.6 Å². The smallest absolute Gasteiger partial charge is 0.224 e. The molecular formula is C20H23N3OS4. The summed E-state index contributed by atoms with van der Waals surface area (Å²) >= 11 is 6.71. The number of aromatic nitrogens is 2. The first kappa shape index (κ1) is 21.5. The van der Waals surface area contributed by atoms with Crippen molar-refractivity contribution in [1.29, 1.82) is 0 Å². The Morgan fingerprint density at radius 3 is 2.71 bits per heavy atom. The number of para-hydroxylation sites is 1. The van der Waals surface area contributed by atoms with Crippen molar-refractivity contribution in [2.45, 2.75) is 40.4 Å². The lowest BCUT2D eigenvalue weighted by atomic mass is 10.2. The van der Waals surface area contributed by atoms with E-state index >= 15 is 0 Å². The number of pyridine rings is 1. The van der Waals surface area contributed by atoms with Crippen LogP contribution in [0, 0.1) is 6.92 Å². The Bertz CT molecular complexity index is 900. The molecule has 8 heteroatoms. The number of nitrogens with zero attached hydrogens (tertiary/aromatic N) is 2. The topological polar surface area (TPSA) is 54.9 Å². The molecule has 1 amide bonds. The summed E-state index contributed by atoms with van der Waals surface area (Å²) in [6.07, 6.45) is 6.39. The number of hydrogen-bond donors (Lipinski definition) is 1. The van der Waals surface area contributed by atoms with Gasteiger partial charge in [-0.1, -0.05) is 23.9 Å². The highest BCUT2D eigenvalue weighted by molar-refractivity contribution is 8.01. The lowest BCUT2D eigenvalue weighted by Crippen LogP contribution is -2.13. The van der Waals surface area contributed by atoms with Gasteiger partial charge in [-0.3, -0.25) is 4.79 Å². The predicted molar refractivity (Wildman–Crippen MR) is 125 cm³/mol. The van der Waals surface area contributed by atoms with E-state index < -0.39 is 0 Å². The fraction of sp³-hybridized carbons (Fsp3) is 0.350. The van der Waals surface area contributed by atoms with E-state index in [2.05, 4.69) is 21.4 Å². The number of rotatable bonds is 9. The zero-order chi connectivity index (χ0) is 19.9. The summed E-state index contributed by atoms with van der Waals surface area (Å²) in [6, 6.07) is 10.2. The largest absolute Gasteiger partial charge is 0.323 e. The van der Waals surface area contributed by atoms with Gasteiger partial charge in [0.25, 0.3) is 0 Å². The molecule has 0 aliphatic heterocycles. The number of carbonyl (C=O) groups is 1. The highest BCUT2D eigenvalue weighted by atomic mass is 32.2. The van der Waals surface area contributed by atoms with E-state index in [0.717, 1.165) is 49.8 Å². The highest BCUT2D eigenvalue weighted by Crippen LogP contribution is 2.34. The molecule has 28 heavy (non-hydrogen) atoms. The molecular weight excluding hydrogens is 427 g/mol. The maximum Gasteiger partial charge on any atom is 0.224 e. The van der Waals surface area contributed by atoms with Crippen LogP contribution in [0.5, 0.6) is 0 Å². The normalized spacial score (nSPS) is 11.1. The Kier molecular flexibility index (Phi) is 8.08. The standard InChI is InChI=1S/C20H23N3OS4/c1-13-12-16(25-2)18(19(21-13)26-3)23-17(24)10-6-7-11-27-20-22-14-8-4-5-9-15(14)28-20/h4-5,8-9,12H,6-7,10-11H2,1-3H3,(H,23,24). The fourth-order valence-corrected chi connectivity index (χ4v) is 6.14. The molecule has 0 radical (unpaired) electrons. The van der Waals surface area contributed by atoms with Crippen LogP contribution < -0.4 is 5.32 Å². The second-order valence-electron chi connectivity index (χ2n) is 6.15. The lowest BCUT2D eigenvalue weighted by Gasteiger charge is -2.13. The SMILES string of the molecule is CSc1cc(C)nc(SC)c1NC(=O)CCCCSc1nc2ccccc2s1. The van der Waals surface area contributed by atoms with Gasteiger partial charge in [0, 0.05) is 22.8 Å². The van der Waals surface area contributed by atoms with E-state index in [-0.39, 0.29) is 5.91 Å². The molecule has 0 fully saturated rings. The number of unbranched alkanes of at least 4 members (excludes halogenated alkanes) is 1. The van der Waals surface area contributed by atoms with Crippen LogP contribution in [0.15, 0.2) is 44.6 Å². The van der Waals surface area contributed by atoms with Crippen molar-refractivity contribution in [2.24, 2.45) is 0 Å². The number of aryl methyl sites for hydroxylation is 1. The maximum atomic E-state index is 12.4. The minimum atomic E-state index is 0.0567. The molecule has 1 aromatic carbocycles. The van der Waals surface area contributed by atoms with E-state index in [1.807, 2.05) is 43.7 Å². The number of fused-ring (bicyclic) bond motifs is 1. The van der Waals surface area contributed by atoms with Crippen molar-refractivity contribution in [3.05, 3.63) is 36.0 Å². The molecule has 0 saturated heterocycles. The number of nitrogens with one attached hydrogen (secondary N) is 1. The number of carbonyl (C=O) groups excluding carboxylic acids is 1. The molecule has 1 N–H and O–H groups in total. The van der Waals surface area contributed by atoms with E-state index in [1.165, 1.54) is 4.70 Å². The summed E-state index contributed by atoms with van der Waals surface area (Å²) in [4.78, 5) is 22.7. The monoisotopic (exact) mass is 449 g/mol. The molecule has 0 aliphatic carbocycles. The molecule has 0 spiro atoms. The van der Waals surface area contributed by atoms with E-state index in [9.17, 15) is 4.79 Å². The third-order valence-corrected chi connectivity index (χ3v) is 7.76. The van der Waals surface area contributed by atoms with Crippen LogP contribution in [-0.2, 0) is 4.79 Å². The summed E-state index contributed by atoms with van der Waals surface area (Å²) in [5, 5.41) is 3.95. The number of thioether (sulfide) groups is 3. The Morgan fingerprint density at radius 2 is 1.96 bits per heavy atom. The van der Waals surface area contributed by atoms with Crippen LogP contribution in [-0.4, -0.2) is 34.1 Å². The molecule has 3 rings (SSSR count). The first-order valence-corrected chi connectivity index (χ1v) is 13.2. The first-order valence-electron chi connectivity index (χ1n) is 8.98.